The van der Waals surface area contributed by atoms with E-state index >= 15 is 0 Å². The summed E-state index contributed by atoms with van der Waals surface area (Å²) in [6.07, 6.45) is 5.82. The van der Waals surface area contributed by atoms with Crippen molar-refractivity contribution in [3.8, 4) is 5.75 Å². The van der Waals surface area contributed by atoms with Crippen molar-refractivity contribution in [3.05, 3.63) is 46.2 Å². The molecule has 0 N–H and O–H groups in total. The molecule has 2 heterocycles. The molecule has 0 saturated carbocycles. The van der Waals surface area contributed by atoms with E-state index in [0.29, 0.717) is 12.8 Å². The number of carbonyl (C=O) groups excluding carboxylic acids is 1. The lowest BCUT2D eigenvalue weighted by atomic mass is 10.0. The van der Waals surface area contributed by atoms with Gasteiger partial charge in [0.2, 0.25) is 5.91 Å². The van der Waals surface area contributed by atoms with E-state index in [2.05, 4.69) is 4.98 Å². The molecule has 0 radical (unpaired) electrons. The molecular formula is C18H21FN2O2S. The molecule has 0 aliphatic carbocycles. The van der Waals surface area contributed by atoms with Gasteiger partial charge in [-0.05, 0) is 43.4 Å². The molecule has 1 amide bonds. The normalized spacial score (nSPS) is 17.8. The van der Waals surface area contributed by atoms with Crippen LogP contribution in [-0.2, 0) is 11.2 Å². The van der Waals surface area contributed by atoms with Gasteiger partial charge in [-0.1, -0.05) is 6.07 Å². The monoisotopic (exact) mass is 348 g/mol. The lowest BCUT2D eigenvalue weighted by molar-refractivity contribution is -0.135. The lowest BCUT2D eigenvalue weighted by Crippen LogP contribution is -2.38. The van der Waals surface area contributed by atoms with Crippen molar-refractivity contribution in [1.82, 2.24) is 9.88 Å². The zero-order valence-electron chi connectivity index (χ0n) is 13.7. The zero-order valence-corrected chi connectivity index (χ0v) is 14.5. The van der Waals surface area contributed by atoms with Crippen molar-refractivity contribution in [2.75, 3.05) is 13.7 Å². The summed E-state index contributed by atoms with van der Waals surface area (Å²) in [5.41, 5.74) is 0.810. The molecular weight excluding hydrogens is 327 g/mol. The van der Waals surface area contributed by atoms with Crippen molar-refractivity contribution < 1.29 is 13.9 Å². The molecule has 2 aromatic rings. The maximum atomic E-state index is 13.8. The first-order valence-corrected chi connectivity index (χ1v) is 9.08. The second kappa shape index (κ2) is 7.75. The van der Waals surface area contributed by atoms with Crippen LogP contribution in [0.3, 0.4) is 0 Å². The molecule has 24 heavy (non-hydrogen) atoms. The predicted molar refractivity (Wildman–Crippen MR) is 91.7 cm³/mol. The van der Waals surface area contributed by atoms with E-state index < -0.39 is 0 Å². The molecule has 0 bridgehead atoms. The summed E-state index contributed by atoms with van der Waals surface area (Å²) in [6, 6.07) is 4.96. The van der Waals surface area contributed by atoms with Crippen LogP contribution in [0.5, 0.6) is 5.75 Å². The number of nitrogens with zero attached hydrogens (tertiary/aromatic N) is 2. The van der Waals surface area contributed by atoms with E-state index in [1.165, 1.54) is 13.2 Å². The highest BCUT2D eigenvalue weighted by atomic mass is 32.1. The Labute approximate surface area is 145 Å². The lowest BCUT2D eigenvalue weighted by Gasteiger charge is -2.34. The summed E-state index contributed by atoms with van der Waals surface area (Å²) in [5.74, 6) is -0.0443. The summed E-state index contributed by atoms with van der Waals surface area (Å²) in [4.78, 5) is 19.0. The van der Waals surface area contributed by atoms with Crippen LogP contribution >= 0.6 is 11.3 Å². The second-order valence-corrected chi connectivity index (χ2v) is 6.86. The van der Waals surface area contributed by atoms with Gasteiger partial charge in [0.15, 0.2) is 11.6 Å². The molecule has 1 saturated heterocycles. The minimum absolute atomic E-state index is 0.0962. The molecule has 0 unspecified atom stereocenters. The number of benzene rings is 1. The highest BCUT2D eigenvalue weighted by Crippen LogP contribution is 2.32. The van der Waals surface area contributed by atoms with Gasteiger partial charge in [-0.25, -0.2) is 9.37 Å². The van der Waals surface area contributed by atoms with Crippen LogP contribution in [-0.4, -0.2) is 29.4 Å². The average molecular weight is 348 g/mol. The summed E-state index contributed by atoms with van der Waals surface area (Å²) in [5, 5.41) is 2.96. The fourth-order valence-electron chi connectivity index (χ4n) is 3.15. The van der Waals surface area contributed by atoms with Crippen LogP contribution in [0.15, 0.2) is 29.8 Å². The molecule has 128 valence electrons. The number of carbonyl (C=O) groups is 1. The average Bonchev–Trinajstić information content (AvgIpc) is 3.14. The van der Waals surface area contributed by atoms with Gasteiger partial charge >= 0.3 is 0 Å². The Kier molecular flexibility index (Phi) is 5.45. The number of amides is 1. The van der Waals surface area contributed by atoms with Crippen LogP contribution in [0.2, 0.25) is 0 Å². The number of methoxy groups -OCH3 is 1. The fraction of sp³-hybridized carbons (Fsp3) is 0.444. The predicted octanol–water partition coefficient (Wildman–Crippen LogP) is 3.98. The Balaban J connectivity index is 1.64. The van der Waals surface area contributed by atoms with E-state index in [-0.39, 0.29) is 23.5 Å². The Bertz CT molecular complexity index is 690. The van der Waals surface area contributed by atoms with Crippen molar-refractivity contribution in [2.45, 2.75) is 38.1 Å². The number of thiazole rings is 1. The first kappa shape index (κ1) is 16.9. The highest BCUT2D eigenvalue weighted by molar-refractivity contribution is 7.09. The SMILES string of the molecule is COc1ccc(CCC(=O)N2CCCC[C@@H]2c2nccs2)cc1F. The number of hydrogen-bond acceptors (Lipinski definition) is 4. The molecule has 1 aliphatic rings. The quantitative estimate of drug-likeness (QED) is 0.821. The van der Waals surface area contributed by atoms with Crippen LogP contribution < -0.4 is 4.74 Å². The van der Waals surface area contributed by atoms with Gasteiger partial charge in [0.05, 0.1) is 13.2 Å². The first-order chi connectivity index (χ1) is 11.7. The number of aryl methyl sites for hydroxylation is 1. The highest BCUT2D eigenvalue weighted by Gasteiger charge is 2.29. The number of halogens is 1. The molecule has 0 spiro atoms. The van der Waals surface area contributed by atoms with Crippen LogP contribution in [0.4, 0.5) is 4.39 Å². The smallest absolute Gasteiger partial charge is 0.223 e. The summed E-state index contributed by atoms with van der Waals surface area (Å²) in [7, 11) is 1.44. The third kappa shape index (κ3) is 3.75. The maximum absolute atomic E-state index is 13.8. The Hall–Kier alpha value is -1.95. The number of hydrogen-bond donors (Lipinski definition) is 0. The minimum Gasteiger partial charge on any atom is -0.494 e. The van der Waals surface area contributed by atoms with E-state index in [0.717, 1.165) is 36.4 Å². The fourth-order valence-corrected chi connectivity index (χ4v) is 3.93. The van der Waals surface area contributed by atoms with Crippen LogP contribution in [0.1, 0.15) is 42.3 Å². The third-order valence-corrected chi connectivity index (χ3v) is 5.28. The number of aromatic nitrogens is 1. The molecule has 6 heteroatoms. The maximum Gasteiger partial charge on any atom is 0.223 e. The summed E-state index contributed by atoms with van der Waals surface area (Å²) >= 11 is 1.60. The summed E-state index contributed by atoms with van der Waals surface area (Å²) < 4.78 is 18.7. The molecule has 3 rings (SSSR count). The largest absolute Gasteiger partial charge is 0.494 e. The van der Waals surface area contributed by atoms with E-state index in [9.17, 15) is 9.18 Å². The number of likely N-dealkylation sites (tertiary alicyclic amines) is 1. The standard InChI is InChI=1S/C18H21FN2O2S/c1-23-16-7-5-13(12-14(16)19)6-8-17(22)21-10-3-2-4-15(21)18-20-9-11-24-18/h5,7,9,11-12,15H,2-4,6,8,10H2,1H3/t15-/m1/s1. The molecule has 1 aromatic carbocycles. The van der Waals surface area contributed by atoms with E-state index in [4.69, 9.17) is 4.74 Å². The first-order valence-electron chi connectivity index (χ1n) is 8.20. The summed E-state index contributed by atoms with van der Waals surface area (Å²) in [6.45, 7) is 0.778. The molecule has 1 fully saturated rings. The van der Waals surface area contributed by atoms with Gasteiger partial charge in [-0.15, -0.1) is 11.3 Å². The van der Waals surface area contributed by atoms with Crippen molar-refractivity contribution >= 4 is 17.2 Å². The van der Waals surface area contributed by atoms with E-state index in [1.54, 1.807) is 23.6 Å². The van der Waals surface area contributed by atoms with Gasteiger partial charge in [-0.2, -0.15) is 0 Å². The van der Waals surface area contributed by atoms with Crippen molar-refractivity contribution in [1.29, 1.82) is 0 Å². The van der Waals surface area contributed by atoms with Crippen LogP contribution in [0.25, 0.3) is 0 Å². The number of ether oxygens (including phenoxy) is 1. The topological polar surface area (TPSA) is 42.4 Å². The molecule has 1 aliphatic heterocycles. The Morgan fingerprint density at radius 2 is 2.33 bits per heavy atom. The van der Waals surface area contributed by atoms with Gasteiger partial charge in [-0.3, -0.25) is 4.79 Å². The zero-order chi connectivity index (χ0) is 16.9. The molecule has 4 nitrogen and oxygen atoms in total. The minimum atomic E-state index is -0.388. The van der Waals surface area contributed by atoms with Crippen molar-refractivity contribution in [3.63, 3.8) is 0 Å². The Morgan fingerprint density at radius 3 is 3.04 bits per heavy atom. The Morgan fingerprint density at radius 1 is 1.46 bits per heavy atom. The second-order valence-electron chi connectivity index (χ2n) is 5.94. The van der Waals surface area contributed by atoms with Crippen molar-refractivity contribution in [2.24, 2.45) is 0 Å². The van der Waals surface area contributed by atoms with Crippen LogP contribution in [0, 0.1) is 5.82 Å². The number of rotatable bonds is 5. The molecule has 1 atom stereocenters. The van der Waals surface area contributed by atoms with Gasteiger partial charge in [0, 0.05) is 24.5 Å². The van der Waals surface area contributed by atoms with Gasteiger partial charge < -0.3 is 9.64 Å². The van der Waals surface area contributed by atoms with Gasteiger partial charge in [0.25, 0.3) is 0 Å². The van der Waals surface area contributed by atoms with Gasteiger partial charge in [0.1, 0.15) is 5.01 Å². The van der Waals surface area contributed by atoms with E-state index in [1.807, 2.05) is 16.3 Å². The number of piperidine rings is 1. The third-order valence-electron chi connectivity index (χ3n) is 4.40. The molecule has 1 aromatic heterocycles.